The number of hydrogen-bond donors (Lipinski definition) is 3. The standard InChI is InChI=1S/C15H14F2N4/c1-19-15-14(17)6-10(8-21-15)11(7-18)9-20-13-4-2-12(16)3-5-13/h2-9,18,20H,1H3,(H,19,21)/b11-9+,18-7?. The summed E-state index contributed by atoms with van der Waals surface area (Å²) < 4.78 is 26.5. The minimum atomic E-state index is -0.496. The van der Waals surface area contributed by atoms with Crippen LogP contribution in [0.3, 0.4) is 0 Å². The van der Waals surface area contributed by atoms with Gasteiger partial charge < -0.3 is 16.0 Å². The van der Waals surface area contributed by atoms with Crippen LogP contribution >= 0.6 is 0 Å². The number of benzene rings is 1. The number of nitrogens with one attached hydrogen (secondary N) is 3. The molecule has 0 atom stereocenters. The molecule has 2 aromatic rings. The normalized spacial score (nSPS) is 11.1. The lowest BCUT2D eigenvalue weighted by molar-refractivity contribution is 0.625. The van der Waals surface area contributed by atoms with Gasteiger partial charge in [0.25, 0.3) is 0 Å². The number of hydrogen-bond acceptors (Lipinski definition) is 4. The van der Waals surface area contributed by atoms with Crippen molar-refractivity contribution in [2.75, 3.05) is 17.7 Å². The third-order valence-electron chi connectivity index (χ3n) is 2.81. The zero-order chi connectivity index (χ0) is 15.2. The zero-order valence-electron chi connectivity index (χ0n) is 11.3. The minimum Gasteiger partial charge on any atom is -0.371 e. The van der Waals surface area contributed by atoms with E-state index in [0.717, 1.165) is 6.21 Å². The fraction of sp³-hybridized carbons (Fsp3) is 0.0667. The predicted octanol–water partition coefficient (Wildman–Crippen LogP) is 3.50. The first-order valence-corrected chi connectivity index (χ1v) is 6.20. The minimum absolute atomic E-state index is 0.148. The summed E-state index contributed by atoms with van der Waals surface area (Å²) in [5.41, 5.74) is 1.58. The maximum absolute atomic E-state index is 13.7. The molecule has 108 valence electrons. The van der Waals surface area contributed by atoms with Gasteiger partial charge in [0.2, 0.25) is 0 Å². The van der Waals surface area contributed by atoms with Gasteiger partial charge in [0.1, 0.15) is 5.82 Å². The van der Waals surface area contributed by atoms with E-state index in [4.69, 9.17) is 5.41 Å². The Kier molecular flexibility index (Phi) is 4.61. The first-order chi connectivity index (χ1) is 10.1. The Hall–Kier alpha value is -2.76. The number of aromatic nitrogens is 1. The van der Waals surface area contributed by atoms with Gasteiger partial charge in [-0.15, -0.1) is 0 Å². The lowest BCUT2D eigenvalue weighted by atomic mass is 10.1. The van der Waals surface area contributed by atoms with Crippen molar-refractivity contribution in [2.45, 2.75) is 0 Å². The van der Waals surface area contributed by atoms with Gasteiger partial charge in [-0.25, -0.2) is 13.8 Å². The average Bonchev–Trinajstić information content (AvgIpc) is 2.50. The summed E-state index contributed by atoms with van der Waals surface area (Å²) in [5, 5.41) is 13.0. The van der Waals surface area contributed by atoms with Crippen LogP contribution < -0.4 is 10.6 Å². The quantitative estimate of drug-likeness (QED) is 0.738. The van der Waals surface area contributed by atoms with Gasteiger partial charge in [-0.3, -0.25) is 0 Å². The highest BCUT2D eigenvalue weighted by atomic mass is 19.1. The Balaban J connectivity index is 2.22. The maximum Gasteiger partial charge on any atom is 0.166 e. The molecule has 0 spiro atoms. The summed E-state index contributed by atoms with van der Waals surface area (Å²) in [7, 11) is 1.58. The molecule has 21 heavy (non-hydrogen) atoms. The van der Waals surface area contributed by atoms with Crippen molar-refractivity contribution in [2.24, 2.45) is 0 Å². The third-order valence-corrected chi connectivity index (χ3v) is 2.81. The van der Waals surface area contributed by atoms with E-state index in [2.05, 4.69) is 15.6 Å². The monoisotopic (exact) mass is 288 g/mol. The Morgan fingerprint density at radius 3 is 2.52 bits per heavy atom. The van der Waals surface area contributed by atoms with Gasteiger partial charge in [-0.2, -0.15) is 0 Å². The topological polar surface area (TPSA) is 60.8 Å². The van der Waals surface area contributed by atoms with Crippen molar-refractivity contribution in [3.8, 4) is 0 Å². The highest BCUT2D eigenvalue weighted by molar-refractivity contribution is 6.08. The van der Waals surface area contributed by atoms with E-state index in [1.54, 1.807) is 19.2 Å². The van der Waals surface area contributed by atoms with Crippen molar-refractivity contribution < 1.29 is 8.78 Å². The Bertz CT molecular complexity index is 666. The molecule has 0 bridgehead atoms. The molecule has 0 unspecified atom stereocenters. The van der Waals surface area contributed by atoms with E-state index in [9.17, 15) is 8.78 Å². The number of halogens is 2. The molecule has 0 fully saturated rings. The Morgan fingerprint density at radius 1 is 1.24 bits per heavy atom. The Morgan fingerprint density at radius 2 is 1.95 bits per heavy atom. The fourth-order valence-corrected chi connectivity index (χ4v) is 1.70. The summed E-state index contributed by atoms with van der Waals surface area (Å²) in [6, 6.07) is 7.07. The number of nitrogens with zero attached hydrogens (tertiary/aromatic N) is 1. The number of allylic oxidation sites excluding steroid dienone is 1. The maximum atomic E-state index is 13.7. The van der Waals surface area contributed by atoms with Crippen LogP contribution in [0.5, 0.6) is 0 Å². The predicted molar refractivity (Wildman–Crippen MR) is 80.5 cm³/mol. The second kappa shape index (κ2) is 6.60. The van der Waals surface area contributed by atoms with Crippen molar-refractivity contribution in [3.63, 3.8) is 0 Å². The van der Waals surface area contributed by atoms with E-state index >= 15 is 0 Å². The van der Waals surface area contributed by atoms with Gasteiger partial charge in [0.05, 0.1) is 0 Å². The van der Waals surface area contributed by atoms with Crippen LogP contribution in [0.1, 0.15) is 5.56 Å². The van der Waals surface area contributed by atoms with E-state index in [0.29, 0.717) is 16.8 Å². The largest absolute Gasteiger partial charge is 0.371 e. The van der Waals surface area contributed by atoms with Crippen LogP contribution in [0.4, 0.5) is 20.3 Å². The number of rotatable bonds is 5. The summed E-state index contributed by atoms with van der Waals surface area (Å²) in [6.45, 7) is 0. The molecule has 1 aromatic carbocycles. The second-order valence-electron chi connectivity index (χ2n) is 4.20. The number of pyridine rings is 1. The lowest BCUT2D eigenvalue weighted by Crippen LogP contribution is -1.99. The van der Waals surface area contributed by atoms with Crippen LogP contribution in [0.2, 0.25) is 0 Å². The van der Waals surface area contributed by atoms with Crippen molar-refractivity contribution in [1.82, 2.24) is 4.98 Å². The van der Waals surface area contributed by atoms with Crippen LogP contribution in [-0.4, -0.2) is 18.2 Å². The van der Waals surface area contributed by atoms with Gasteiger partial charge in [0.15, 0.2) is 11.6 Å². The summed E-state index contributed by atoms with van der Waals surface area (Å²) in [5.74, 6) is -0.676. The average molecular weight is 288 g/mol. The van der Waals surface area contributed by atoms with Crippen LogP contribution in [0.25, 0.3) is 5.57 Å². The van der Waals surface area contributed by atoms with Crippen LogP contribution in [0.15, 0.2) is 42.7 Å². The molecule has 1 aromatic heterocycles. The molecular weight excluding hydrogens is 274 g/mol. The molecule has 0 aliphatic rings. The third kappa shape index (κ3) is 3.62. The van der Waals surface area contributed by atoms with Gasteiger partial charge in [-0.05, 0) is 30.3 Å². The van der Waals surface area contributed by atoms with E-state index in [1.807, 2.05) is 0 Å². The van der Waals surface area contributed by atoms with Gasteiger partial charge >= 0.3 is 0 Å². The van der Waals surface area contributed by atoms with E-state index in [1.165, 1.54) is 30.6 Å². The molecule has 0 saturated heterocycles. The molecule has 1 heterocycles. The second-order valence-corrected chi connectivity index (χ2v) is 4.20. The summed E-state index contributed by atoms with van der Waals surface area (Å²) >= 11 is 0. The van der Waals surface area contributed by atoms with Gasteiger partial charge in [-0.1, -0.05) is 0 Å². The molecule has 0 amide bonds. The molecule has 0 aliphatic carbocycles. The Labute approximate surface area is 121 Å². The zero-order valence-corrected chi connectivity index (χ0v) is 11.3. The smallest absolute Gasteiger partial charge is 0.166 e. The first-order valence-electron chi connectivity index (χ1n) is 6.20. The highest BCUT2D eigenvalue weighted by Crippen LogP contribution is 2.18. The van der Waals surface area contributed by atoms with Crippen molar-refractivity contribution >= 4 is 23.3 Å². The first kappa shape index (κ1) is 14.6. The molecule has 0 radical (unpaired) electrons. The molecule has 6 heteroatoms. The lowest BCUT2D eigenvalue weighted by Gasteiger charge is -2.06. The molecule has 2 rings (SSSR count). The fourth-order valence-electron chi connectivity index (χ4n) is 1.70. The highest BCUT2D eigenvalue weighted by Gasteiger charge is 2.06. The molecule has 3 N–H and O–H groups in total. The van der Waals surface area contributed by atoms with E-state index < -0.39 is 5.82 Å². The van der Waals surface area contributed by atoms with Crippen molar-refractivity contribution in [3.05, 3.63) is 59.9 Å². The summed E-state index contributed by atoms with van der Waals surface area (Å²) in [4.78, 5) is 3.92. The summed E-state index contributed by atoms with van der Waals surface area (Å²) in [6.07, 6.45) is 4.10. The van der Waals surface area contributed by atoms with Crippen LogP contribution in [-0.2, 0) is 0 Å². The van der Waals surface area contributed by atoms with Crippen LogP contribution in [0, 0.1) is 17.0 Å². The number of anilines is 2. The molecular formula is C15H14F2N4. The molecule has 0 aliphatic heterocycles. The molecule has 0 saturated carbocycles. The van der Waals surface area contributed by atoms with Crippen molar-refractivity contribution in [1.29, 1.82) is 5.41 Å². The van der Waals surface area contributed by atoms with E-state index in [-0.39, 0.29) is 11.6 Å². The van der Waals surface area contributed by atoms with Gasteiger partial charge in [0, 0.05) is 42.5 Å². The molecule has 4 nitrogen and oxygen atoms in total. The SMILES string of the molecule is CNc1ncc(/C(C=N)=C/Nc2ccc(F)cc2)cc1F.